The first-order chi connectivity index (χ1) is 11.5. The molecule has 0 aliphatic rings. The SMILES string of the molecule is CN(Cc1nc2ccccc2s1)C(=O)CCC(=O)c1ccc(Cl)s1. The minimum Gasteiger partial charge on any atom is -0.339 e. The smallest absolute Gasteiger partial charge is 0.223 e. The van der Waals surface area contributed by atoms with Crippen LogP contribution in [0.25, 0.3) is 10.2 Å². The van der Waals surface area contributed by atoms with E-state index in [1.165, 1.54) is 11.3 Å². The maximum absolute atomic E-state index is 12.2. The van der Waals surface area contributed by atoms with Crippen LogP contribution in [-0.2, 0) is 11.3 Å². The average Bonchev–Trinajstić information content (AvgIpc) is 3.17. The summed E-state index contributed by atoms with van der Waals surface area (Å²) in [6.45, 7) is 0.456. The Balaban J connectivity index is 1.55. The van der Waals surface area contributed by atoms with Gasteiger partial charge in [-0.05, 0) is 24.3 Å². The number of carbonyl (C=O) groups excluding carboxylic acids is 2. The lowest BCUT2D eigenvalue weighted by atomic mass is 10.2. The summed E-state index contributed by atoms with van der Waals surface area (Å²) in [5.74, 6) is -0.112. The Bertz CT molecular complexity index is 854. The van der Waals surface area contributed by atoms with Gasteiger partial charge in [0.05, 0.1) is 26.0 Å². The molecule has 124 valence electrons. The number of fused-ring (bicyclic) bond motifs is 1. The van der Waals surface area contributed by atoms with Gasteiger partial charge in [-0.3, -0.25) is 9.59 Å². The first-order valence-corrected chi connectivity index (χ1v) is 9.41. The van der Waals surface area contributed by atoms with Crippen molar-refractivity contribution in [3.63, 3.8) is 0 Å². The lowest BCUT2D eigenvalue weighted by Crippen LogP contribution is -2.26. The number of amides is 1. The van der Waals surface area contributed by atoms with Gasteiger partial charge in [0, 0.05) is 19.9 Å². The molecule has 0 bridgehead atoms. The van der Waals surface area contributed by atoms with Crippen LogP contribution in [0.3, 0.4) is 0 Å². The van der Waals surface area contributed by atoms with Crippen molar-refractivity contribution in [2.24, 2.45) is 0 Å². The molecule has 24 heavy (non-hydrogen) atoms. The second kappa shape index (κ2) is 7.42. The van der Waals surface area contributed by atoms with Crippen molar-refractivity contribution in [2.45, 2.75) is 19.4 Å². The zero-order valence-corrected chi connectivity index (χ0v) is 15.4. The highest BCUT2D eigenvalue weighted by atomic mass is 35.5. The zero-order chi connectivity index (χ0) is 17.1. The molecule has 0 spiro atoms. The predicted octanol–water partition coefficient (Wildman–Crippen LogP) is 4.63. The first kappa shape index (κ1) is 17.1. The molecule has 0 fully saturated rings. The van der Waals surface area contributed by atoms with Gasteiger partial charge in [0.15, 0.2) is 5.78 Å². The van der Waals surface area contributed by atoms with E-state index in [1.54, 1.807) is 35.4 Å². The van der Waals surface area contributed by atoms with Gasteiger partial charge < -0.3 is 4.90 Å². The van der Waals surface area contributed by atoms with Crippen LogP contribution in [0.1, 0.15) is 27.5 Å². The fourth-order valence-corrected chi connectivity index (χ4v) is 4.31. The summed E-state index contributed by atoms with van der Waals surface area (Å²) in [5, 5.41) is 0.892. The van der Waals surface area contributed by atoms with E-state index in [4.69, 9.17) is 11.6 Å². The zero-order valence-electron chi connectivity index (χ0n) is 13.0. The van der Waals surface area contributed by atoms with Crippen molar-refractivity contribution in [1.82, 2.24) is 9.88 Å². The second-order valence-corrected chi connectivity index (χ2v) is 8.18. The molecule has 2 heterocycles. The third-order valence-electron chi connectivity index (χ3n) is 3.55. The maximum Gasteiger partial charge on any atom is 0.223 e. The van der Waals surface area contributed by atoms with Crippen LogP contribution in [0.15, 0.2) is 36.4 Å². The quantitative estimate of drug-likeness (QED) is 0.587. The maximum atomic E-state index is 12.2. The molecule has 0 saturated heterocycles. The molecule has 2 aromatic heterocycles. The number of hydrogen-bond donors (Lipinski definition) is 0. The number of hydrogen-bond acceptors (Lipinski definition) is 5. The topological polar surface area (TPSA) is 50.3 Å². The molecular weight excluding hydrogens is 364 g/mol. The Morgan fingerprint density at radius 3 is 2.62 bits per heavy atom. The van der Waals surface area contributed by atoms with Crippen molar-refractivity contribution in [1.29, 1.82) is 0 Å². The predicted molar refractivity (Wildman–Crippen MR) is 99.0 cm³/mol. The van der Waals surface area contributed by atoms with E-state index in [0.717, 1.165) is 15.2 Å². The average molecular weight is 379 g/mol. The largest absolute Gasteiger partial charge is 0.339 e. The van der Waals surface area contributed by atoms with Gasteiger partial charge in [-0.15, -0.1) is 22.7 Å². The van der Waals surface area contributed by atoms with Crippen LogP contribution in [0.2, 0.25) is 4.34 Å². The molecule has 4 nitrogen and oxygen atoms in total. The van der Waals surface area contributed by atoms with Crippen LogP contribution in [0, 0.1) is 0 Å². The van der Waals surface area contributed by atoms with Crippen molar-refractivity contribution in [3.05, 3.63) is 50.6 Å². The molecule has 3 rings (SSSR count). The third kappa shape index (κ3) is 4.01. The lowest BCUT2D eigenvalue weighted by Gasteiger charge is -2.15. The van der Waals surface area contributed by atoms with E-state index < -0.39 is 0 Å². The van der Waals surface area contributed by atoms with E-state index >= 15 is 0 Å². The molecule has 0 aliphatic carbocycles. The molecule has 0 N–H and O–H groups in total. The van der Waals surface area contributed by atoms with E-state index in [1.807, 2.05) is 24.3 Å². The summed E-state index contributed by atoms with van der Waals surface area (Å²) in [5.41, 5.74) is 0.947. The third-order valence-corrected chi connectivity index (χ3v) is 5.84. The number of thiazole rings is 1. The molecule has 0 radical (unpaired) electrons. The second-order valence-electron chi connectivity index (χ2n) is 5.35. The van der Waals surface area contributed by atoms with E-state index in [9.17, 15) is 9.59 Å². The summed E-state index contributed by atoms with van der Waals surface area (Å²) < 4.78 is 1.69. The van der Waals surface area contributed by atoms with Crippen molar-refractivity contribution < 1.29 is 9.59 Å². The number of carbonyl (C=O) groups is 2. The number of aromatic nitrogens is 1. The highest BCUT2D eigenvalue weighted by Crippen LogP contribution is 2.24. The molecule has 0 unspecified atom stereocenters. The standard InChI is InChI=1S/C17H15ClN2O2S2/c1-20(10-16-19-11-4-2-3-5-13(11)24-16)17(22)9-6-12(21)14-7-8-15(18)23-14/h2-5,7-8H,6,9-10H2,1H3. The van der Waals surface area contributed by atoms with Gasteiger partial charge in [0.25, 0.3) is 0 Å². The fraction of sp³-hybridized carbons (Fsp3) is 0.235. The number of Topliss-reactive ketones (excluding diaryl/α,β-unsaturated/α-hetero) is 1. The molecule has 0 atom stereocenters. The van der Waals surface area contributed by atoms with Gasteiger partial charge in [0.2, 0.25) is 5.91 Å². The number of para-hydroxylation sites is 1. The van der Waals surface area contributed by atoms with Crippen molar-refractivity contribution >= 4 is 56.2 Å². The first-order valence-electron chi connectivity index (χ1n) is 7.40. The highest BCUT2D eigenvalue weighted by molar-refractivity contribution is 7.18. The summed E-state index contributed by atoms with van der Waals surface area (Å²) in [6.07, 6.45) is 0.385. The lowest BCUT2D eigenvalue weighted by molar-refractivity contribution is -0.130. The Hall–Kier alpha value is -1.76. The molecule has 1 amide bonds. The summed E-state index contributed by atoms with van der Waals surface area (Å²) in [6, 6.07) is 11.3. The van der Waals surface area contributed by atoms with E-state index in [-0.39, 0.29) is 24.5 Å². The summed E-state index contributed by atoms with van der Waals surface area (Å²) >= 11 is 8.65. The van der Waals surface area contributed by atoms with Crippen LogP contribution in [-0.4, -0.2) is 28.6 Å². The molecule has 0 saturated carbocycles. The molecular formula is C17H15ClN2O2S2. The van der Waals surface area contributed by atoms with Gasteiger partial charge in [-0.25, -0.2) is 4.98 Å². The summed E-state index contributed by atoms with van der Waals surface area (Å²) in [7, 11) is 1.74. The summed E-state index contributed by atoms with van der Waals surface area (Å²) in [4.78, 5) is 31.0. The van der Waals surface area contributed by atoms with Gasteiger partial charge >= 0.3 is 0 Å². The highest BCUT2D eigenvalue weighted by Gasteiger charge is 2.15. The van der Waals surface area contributed by atoms with Crippen LogP contribution in [0.5, 0.6) is 0 Å². The Morgan fingerprint density at radius 1 is 1.12 bits per heavy atom. The van der Waals surface area contributed by atoms with Gasteiger partial charge in [-0.1, -0.05) is 23.7 Å². The van der Waals surface area contributed by atoms with Crippen molar-refractivity contribution in [2.75, 3.05) is 7.05 Å². The Morgan fingerprint density at radius 2 is 1.92 bits per heavy atom. The monoisotopic (exact) mass is 378 g/mol. The minimum atomic E-state index is -0.0646. The Kier molecular flexibility index (Phi) is 5.28. The normalized spacial score (nSPS) is 10.9. The number of rotatable bonds is 6. The van der Waals surface area contributed by atoms with Crippen LogP contribution >= 0.6 is 34.3 Å². The number of benzene rings is 1. The fourth-order valence-electron chi connectivity index (χ4n) is 2.28. The Labute approximate surface area is 152 Å². The van der Waals surface area contributed by atoms with Gasteiger partial charge in [0.1, 0.15) is 5.01 Å². The van der Waals surface area contributed by atoms with E-state index in [2.05, 4.69) is 4.98 Å². The van der Waals surface area contributed by atoms with E-state index in [0.29, 0.717) is 15.8 Å². The van der Waals surface area contributed by atoms with Crippen LogP contribution in [0.4, 0.5) is 0 Å². The number of thiophene rings is 1. The molecule has 7 heteroatoms. The van der Waals surface area contributed by atoms with Crippen molar-refractivity contribution in [3.8, 4) is 0 Å². The van der Waals surface area contributed by atoms with Crippen LogP contribution < -0.4 is 0 Å². The number of nitrogens with zero attached hydrogens (tertiary/aromatic N) is 2. The molecule has 3 aromatic rings. The molecule has 0 aliphatic heterocycles. The number of ketones is 1. The number of halogens is 1. The molecule has 1 aromatic carbocycles. The minimum absolute atomic E-state index is 0.0476. The van der Waals surface area contributed by atoms with Gasteiger partial charge in [-0.2, -0.15) is 0 Å².